The summed E-state index contributed by atoms with van der Waals surface area (Å²) in [5, 5.41) is 16.9. The van der Waals surface area contributed by atoms with E-state index in [0.717, 1.165) is 5.56 Å². The molecule has 0 saturated carbocycles. The fourth-order valence-corrected chi connectivity index (χ4v) is 8.79. The molecule has 1 heterocycles. The summed E-state index contributed by atoms with van der Waals surface area (Å²) in [4.78, 5) is 0.649. The van der Waals surface area contributed by atoms with Gasteiger partial charge in [-0.15, -0.1) is 11.3 Å². The Balaban J connectivity index is 1.93. The van der Waals surface area contributed by atoms with Gasteiger partial charge in [-0.05, 0) is 42.8 Å². The molecule has 31 heavy (non-hydrogen) atoms. The quantitative estimate of drug-likeness (QED) is 0.371. The van der Waals surface area contributed by atoms with Gasteiger partial charge in [0, 0.05) is 4.88 Å². The minimum absolute atomic E-state index is 0.0585. The number of aliphatic hydroxyl groups is 1. The van der Waals surface area contributed by atoms with Gasteiger partial charge >= 0.3 is 0 Å². The number of nitrogens with two attached hydrogens (primary N) is 1. The van der Waals surface area contributed by atoms with Crippen molar-refractivity contribution in [2.75, 3.05) is 19.8 Å². The van der Waals surface area contributed by atoms with Crippen molar-refractivity contribution in [1.29, 1.82) is 0 Å². The smallest absolute Gasteiger partial charge is 0.195 e. The lowest BCUT2D eigenvalue weighted by Gasteiger charge is -2.32. The van der Waals surface area contributed by atoms with Crippen molar-refractivity contribution in [3.63, 3.8) is 0 Å². The molecule has 2 aromatic rings. The third kappa shape index (κ3) is 7.49. The van der Waals surface area contributed by atoms with Gasteiger partial charge in [0.1, 0.15) is 19.7 Å². The van der Waals surface area contributed by atoms with Crippen molar-refractivity contribution in [3.8, 4) is 0 Å². The van der Waals surface area contributed by atoms with Gasteiger partial charge in [-0.2, -0.15) is 0 Å². The Morgan fingerprint density at radius 2 is 1.68 bits per heavy atom. The molecule has 3 N–H and O–H groups in total. The zero-order valence-electron chi connectivity index (χ0n) is 19.4. The molecule has 0 aliphatic carbocycles. The van der Waals surface area contributed by atoms with Crippen LogP contribution in [0.2, 0.25) is 18.1 Å². The first-order valence-corrected chi connectivity index (χ1v) is 15.7. The summed E-state index contributed by atoms with van der Waals surface area (Å²) in [6, 6.07) is 13.4. The first kappa shape index (κ1) is 26.2. The van der Waals surface area contributed by atoms with Crippen LogP contribution in [0.15, 0.2) is 50.7 Å². The highest BCUT2D eigenvalue weighted by atomic mass is 32.2. The summed E-state index contributed by atoms with van der Waals surface area (Å²) < 4.78 is 29.5. The molecule has 1 aromatic carbocycles. The Hall–Kier alpha value is -1.07. The van der Waals surface area contributed by atoms with E-state index in [1.165, 1.54) is 11.3 Å². The standard InChI is InChI=1S/C22H36N2O4S2Si/c1-21(2,3)31(5,6)24-30(23,26)20-13-12-19(29-20)22(4,25)17-28-15-14-27-16-18-10-8-7-9-11-18/h7-13,25H,14-17H2,1-6H3,(H2,23,24,26)/t22-,30?/m0/s1. The van der Waals surface area contributed by atoms with Crippen LogP contribution in [0.5, 0.6) is 0 Å². The first-order valence-electron chi connectivity index (χ1n) is 10.3. The molecule has 0 aliphatic heterocycles. The fraction of sp³-hybridized carbons (Fsp3) is 0.545. The summed E-state index contributed by atoms with van der Waals surface area (Å²) in [5.41, 5.74) is -0.108. The molecular weight excluding hydrogens is 448 g/mol. The second-order valence-electron chi connectivity index (χ2n) is 9.45. The Labute approximate surface area is 192 Å². The van der Waals surface area contributed by atoms with E-state index >= 15 is 0 Å². The maximum absolute atomic E-state index is 13.2. The molecule has 0 aliphatic rings. The van der Waals surface area contributed by atoms with E-state index in [2.05, 4.69) is 37.9 Å². The molecule has 0 amide bonds. The van der Waals surface area contributed by atoms with E-state index in [0.29, 0.717) is 28.9 Å². The van der Waals surface area contributed by atoms with Crippen LogP contribution in [-0.4, -0.2) is 37.4 Å². The largest absolute Gasteiger partial charge is 0.382 e. The van der Waals surface area contributed by atoms with E-state index < -0.39 is 23.8 Å². The van der Waals surface area contributed by atoms with Crippen molar-refractivity contribution >= 4 is 29.5 Å². The Kier molecular flexibility index (Phi) is 8.65. The van der Waals surface area contributed by atoms with Crippen LogP contribution in [0.1, 0.15) is 38.1 Å². The predicted octanol–water partition coefficient (Wildman–Crippen LogP) is 4.89. The number of benzene rings is 1. The Morgan fingerprint density at radius 1 is 1.06 bits per heavy atom. The summed E-state index contributed by atoms with van der Waals surface area (Å²) in [5.74, 6) is 0. The topological polar surface area (TPSA) is 94.1 Å². The van der Waals surface area contributed by atoms with Gasteiger partial charge in [0.15, 0.2) is 8.24 Å². The molecule has 0 radical (unpaired) electrons. The van der Waals surface area contributed by atoms with Crippen LogP contribution in [0.25, 0.3) is 0 Å². The number of rotatable bonds is 10. The van der Waals surface area contributed by atoms with Crippen LogP contribution in [-0.2, 0) is 31.6 Å². The lowest BCUT2D eigenvalue weighted by atomic mass is 10.1. The molecule has 9 heteroatoms. The zero-order chi connectivity index (χ0) is 23.3. The van der Waals surface area contributed by atoms with Crippen LogP contribution < -0.4 is 5.14 Å². The Morgan fingerprint density at radius 3 is 2.29 bits per heavy atom. The van der Waals surface area contributed by atoms with Crippen LogP contribution in [0, 0.1) is 0 Å². The van der Waals surface area contributed by atoms with Crippen molar-refractivity contribution in [2.45, 2.75) is 62.2 Å². The molecule has 1 unspecified atom stereocenters. The molecule has 174 valence electrons. The first-order chi connectivity index (χ1) is 14.2. The number of ether oxygens (including phenoxy) is 2. The normalized spacial score (nSPS) is 16.5. The summed E-state index contributed by atoms with van der Waals surface area (Å²) in [6.45, 7) is 13.5. The van der Waals surface area contributed by atoms with E-state index in [4.69, 9.17) is 14.6 Å². The van der Waals surface area contributed by atoms with Gasteiger partial charge in [0.05, 0.1) is 26.4 Å². The minimum atomic E-state index is -3.02. The molecule has 0 bridgehead atoms. The van der Waals surface area contributed by atoms with Gasteiger partial charge in [0.2, 0.25) is 0 Å². The minimum Gasteiger partial charge on any atom is -0.382 e. The van der Waals surface area contributed by atoms with Crippen LogP contribution in [0.3, 0.4) is 0 Å². The summed E-state index contributed by atoms with van der Waals surface area (Å²) in [6.07, 6.45) is 0. The maximum atomic E-state index is 13.2. The van der Waals surface area contributed by atoms with Gasteiger partial charge in [-0.25, -0.2) is 9.35 Å². The van der Waals surface area contributed by atoms with E-state index in [1.807, 2.05) is 30.3 Å². The molecule has 1 aromatic heterocycles. The highest BCUT2D eigenvalue weighted by Crippen LogP contribution is 2.39. The second kappa shape index (κ2) is 10.2. The third-order valence-corrected chi connectivity index (χ3v) is 14.9. The van der Waals surface area contributed by atoms with Crippen LogP contribution in [0.4, 0.5) is 0 Å². The Bertz CT molecular complexity index is 959. The average molecular weight is 485 g/mol. The molecule has 0 spiro atoms. The van der Waals surface area contributed by atoms with E-state index in [1.54, 1.807) is 19.1 Å². The molecular formula is C22H36N2O4S2Si. The third-order valence-electron chi connectivity index (χ3n) is 5.47. The SMILES string of the molecule is CC(C)(C)[Si](C)(C)N=S(N)(=O)c1ccc([C@@](C)(O)COCCOCc2ccccc2)s1. The number of hydrogen-bond donors (Lipinski definition) is 2. The predicted molar refractivity (Wildman–Crippen MR) is 131 cm³/mol. The van der Waals surface area contributed by atoms with E-state index in [-0.39, 0.29) is 11.6 Å². The van der Waals surface area contributed by atoms with E-state index in [9.17, 15) is 9.32 Å². The van der Waals surface area contributed by atoms with Gasteiger partial charge in [0.25, 0.3) is 0 Å². The van der Waals surface area contributed by atoms with Crippen molar-refractivity contribution in [1.82, 2.24) is 0 Å². The number of thiophene rings is 1. The highest BCUT2D eigenvalue weighted by Gasteiger charge is 2.37. The lowest BCUT2D eigenvalue weighted by molar-refractivity contribution is -0.0508. The second-order valence-corrected chi connectivity index (χ2v) is 17.7. The maximum Gasteiger partial charge on any atom is 0.195 e. The highest BCUT2D eigenvalue weighted by molar-refractivity contribution is 7.94. The van der Waals surface area contributed by atoms with Gasteiger partial charge < -0.3 is 14.6 Å². The monoisotopic (exact) mass is 484 g/mol. The van der Waals surface area contributed by atoms with Crippen molar-refractivity contribution < 1.29 is 18.8 Å². The lowest BCUT2D eigenvalue weighted by Crippen LogP contribution is -2.37. The number of nitrogens with zero attached hydrogens (tertiary/aromatic N) is 1. The molecule has 0 saturated heterocycles. The molecule has 0 fully saturated rings. The molecule has 6 nitrogen and oxygen atoms in total. The fourth-order valence-electron chi connectivity index (χ4n) is 2.51. The van der Waals surface area contributed by atoms with Crippen LogP contribution >= 0.6 is 11.3 Å². The molecule has 2 atom stereocenters. The van der Waals surface area contributed by atoms with Gasteiger partial charge in [-0.3, -0.25) is 4.03 Å². The van der Waals surface area contributed by atoms with Crippen molar-refractivity contribution in [2.24, 2.45) is 9.17 Å². The van der Waals surface area contributed by atoms with Crippen molar-refractivity contribution in [3.05, 3.63) is 52.9 Å². The zero-order valence-corrected chi connectivity index (χ0v) is 22.0. The average Bonchev–Trinajstić information content (AvgIpc) is 3.16. The number of hydrogen-bond acceptors (Lipinski definition) is 6. The summed E-state index contributed by atoms with van der Waals surface area (Å²) in [7, 11) is -5.20. The summed E-state index contributed by atoms with van der Waals surface area (Å²) >= 11 is 1.23. The molecule has 2 rings (SSSR count). The van der Waals surface area contributed by atoms with Gasteiger partial charge in [-0.1, -0.05) is 51.1 Å².